The fourth-order valence-electron chi connectivity index (χ4n) is 2.91. The average molecular weight is 271 g/mol. The van der Waals surface area contributed by atoms with Crippen molar-refractivity contribution >= 4 is 6.09 Å². The summed E-state index contributed by atoms with van der Waals surface area (Å²) < 4.78 is 11.1. The smallest absolute Gasteiger partial charge is 0.410 e. The Labute approximate surface area is 114 Å². The third kappa shape index (κ3) is 3.60. The van der Waals surface area contributed by atoms with Crippen LogP contribution in [0.15, 0.2) is 0 Å². The van der Waals surface area contributed by atoms with Crippen LogP contribution in [0.2, 0.25) is 0 Å². The molecule has 2 saturated heterocycles. The first-order valence-electron chi connectivity index (χ1n) is 7.10. The number of hydrogen-bond acceptors (Lipinski definition) is 4. The predicted molar refractivity (Wildman–Crippen MR) is 70.9 cm³/mol. The number of morpholine rings is 1. The Morgan fingerprint density at radius 3 is 2.63 bits per heavy atom. The Bertz CT molecular complexity index is 326. The van der Waals surface area contributed by atoms with E-state index in [1.54, 1.807) is 0 Å². The van der Waals surface area contributed by atoms with Crippen molar-refractivity contribution in [3.63, 3.8) is 0 Å². The molecule has 110 valence electrons. The van der Waals surface area contributed by atoms with Crippen LogP contribution in [0.5, 0.6) is 0 Å². The van der Waals surface area contributed by atoms with Gasteiger partial charge in [0, 0.05) is 6.61 Å². The van der Waals surface area contributed by atoms with Crippen molar-refractivity contribution in [1.29, 1.82) is 0 Å². The Morgan fingerprint density at radius 2 is 2.00 bits per heavy atom. The first-order chi connectivity index (χ1) is 8.90. The summed E-state index contributed by atoms with van der Waals surface area (Å²) in [6.07, 6.45) is 2.37. The van der Waals surface area contributed by atoms with Crippen LogP contribution < -0.4 is 0 Å². The molecule has 2 rings (SSSR count). The molecule has 0 aromatic carbocycles. The van der Waals surface area contributed by atoms with Crippen LogP contribution in [-0.4, -0.2) is 53.6 Å². The van der Waals surface area contributed by atoms with E-state index in [1.807, 2.05) is 25.7 Å². The van der Waals surface area contributed by atoms with Gasteiger partial charge in [0.05, 0.1) is 25.3 Å². The largest absolute Gasteiger partial charge is 0.444 e. The Kier molecular flexibility index (Phi) is 4.36. The highest BCUT2D eigenvalue weighted by molar-refractivity contribution is 5.69. The van der Waals surface area contributed by atoms with Crippen molar-refractivity contribution < 1.29 is 19.4 Å². The lowest BCUT2D eigenvalue weighted by atomic mass is 9.98. The van der Waals surface area contributed by atoms with Gasteiger partial charge in [-0.15, -0.1) is 0 Å². The summed E-state index contributed by atoms with van der Waals surface area (Å²) in [6.45, 7) is 6.95. The van der Waals surface area contributed by atoms with E-state index in [4.69, 9.17) is 9.47 Å². The molecule has 1 amide bonds. The Morgan fingerprint density at radius 1 is 1.32 bits per heavy atom. The van der Waals surface area contributed by atoms with Crippen LogP contribution in [-0.2, 0) is 9.47 Å². The zero-order valence-corrected chi connectivity index (χ0v) is 12.1. The highest BCUT2D eigenvalue weighted by atomic mass is 16.6. The van der Waals surface area contributed by atoms with E-state index in [2.05, 4.69) is 0 Å². The van der Waals surface area contributed by atoms with Crippen molar-refractivity contribution in [2.24, 2.45) is 5.92 Å². The fourth-order valence-corrected chi connectivity index (χ4v) is 2.91. The van der Waals surface area contributed by atoms with Gasteiger partial charge in [-0.05, 0) is 46.0 Å². The number of aliphatic hydroxyl groups excluding tert-OH is 1. The van der Waals surface area contributed by atoms with Gasteiger partial charge in [0.1, 0.15) is 5.60 Å². The highest BCUT2D eigenvalue weighted by Gasteiger charge is 2.40. The molecule has 1 N–H and O–H groups in total. The fraction of sp³-hybridized carbons (Fsp3) is 0.929. The lowest BCUT2D eigenvalue weighted by Gasteiger charge is -2.41. The van der Waals surface area contributed by atoms with Gasteiger partial charge in [-0.2, -0.15) is 0 Å². The summed E-state index contributed by atoms with van der Waals surface area (Å²) in [5.74, 6) is 0.265. The number of fused-ring (bicyclic) bond motifs is 2. The third-order valence-electron chi connectivity index (χ3n) is 3.78. The molecule has 3 atom stereocenters. The lowest BCUT2D eigenvalue weighted by molar-refractivity contribution is -0.0600. The van der Waals surface area contributed by atoms with Crippen molar-refractivity contribution in [3.8, 4) is 0 Å². The molecule has 2 heterocycles. The maximum absolute atomic E-state index is 12.4. The zero-order chi connectivity index (χ0) is 14.0. The highest BCUT2D eigenvalue weighted by Crippen LogP contribution is 2.31. The summed E-state index contributed by atoms with van der Waals surface area (Å²) in [5, 5.41) is 9.37. The Hall–Kier alpha value is -0.810. The normalized spacial score (nSPS) is 31.8. The van der Waals surface area contributed by atoms with Gasteiger partial charge in [-0.3, -0.25) is 4.90 Å². The van der Waals surface area contributed by atoms with Gasteiger partial charge < -0.3 is 14.6 Å². The summed E-state index contributed by atoms with van der Waals surface area (Å²) >= 11 is 0. The second kappa shape index (κ2) is 5.67. The molecule has 19 heavy (non-hydrogen) atoms. The summed E-state index contributed by atoms with van der Waals surface area (Å²) in [5.41, 5.74) is -0.477. The van der Waals surface area contributed by atoms with E-state index in [1.165, 1.54) is 0 Å². The topological polar surface area (TPSA) is 59.0 Å². The molecule has 0 aromatic heterocycles. The van der Waals surface area contributed by atoms with Gasteiger partial charge in [0.15, 0.2) is 0 Å². The van der Waals surface area contributed by atoms with E-state index in [9.17, 15) is 9.90 Å². The molecule has 0 radical (unpaired) electrons. The van der Waals surface area contributed by atoms with Gasteiger partial charge >= 0.3 is 6.09 Å². The summed E-state index contributed by atoms with van der Waals surface area (Å²) in [4.78, 5) is 14.2. The van der Waals surface area contributed by atoms with Crippen molar-refractivity contribution in [2.45, 2.75) is 57.7 Å². The lowest BCUT2D eigenvalue weighted by Crippen LogP contribution is -2.55. The molecule has 2 aliphatic rings. The standard InChI is InChI=1S/C14H25NO4/c1-14(2,3)19-13(17)15-11-5-4-10(7-16)6-12(15)9-18-8-11/h10-12,16H,4-9H2,1-3H3. The molecule has 5 nitrogen and oxygen atoms in total. The average Bonchev–Trinajstić information content (AvgIpc) is 2.41. The first-order valence-corrected chi connectivity index (χ1v) is 7.10. The molecule has 2 aliphatic heterocycles. The van der Waals surface area contributed by atoms with Crippen LogP contribution >= 0.6 is 0 Å². The summed E-state index contributed by atoms with van der Waals surface area (Å²) in [6, 6.07) is 0.124. The van der Waals surface area contributed by atoms with Crippen molar-refractivity contribution in [1.82, 2.24) is 4.90 Å². The van der Waals surface area contributed by atoms with Crippen LogP contribution in [0.3, 0.4) is 0 Å². The molecule has 0 aliphatic carbocycles. The zero-order valence-electron chi connectivity index (χ0n) is 12.1. The van der Waals surface area contributed by atoms with Gasteiger partial charge in [0.25, 0.3) is 0 Å². The maximum Gasteiger partial charge on any atom is 0.410 e. The van der Waals surface area contributed by atoms with E-state index in [0.717, 1.165) is 19.3 Å². The van der Waals surface area contributed by atoms with E-state index in [0.29, 0.717) is 13.2 Å². The number of amides is 1. The SMILES string of the molecule is CC(C)(C)OC(=O)N1C2CCC(CO)CC1COC2. The molecular formula is C14H25NO4. The van der Waals surface area contributed by atoms with Gasteiger partial charge in [0.2, 0.25) is 0 Å². The minimum Gasteiger partial charge on any atom is -0.444 e. The molecule has 0 aromatic rings. The van der Waals surface area contributed by atoms with Crippen LogP contribution in [0, 0.1) is 5.92 Å². The summed E-state index contributed by atoms with van der Waals surface area (Å²) in [7, 11) is 0. The van der Waals surface area contributed by atoms with Crippen molar-refractivity contribution in [2.75, 3.05) is 19.8 Å². The minimum absolute atomic E-state index is 0.0354. The maximum atomic E-state index is 12.4. The minimum atomic E-state index is -0.477. The molecule has 2 bridgehead atoms. The second-order valence-electron chi connectivity index (χ2n) is 6.59. The monoisotopic (exact) mass is 271 g/mol. The van der Waals surface area contributed by atoms with Crippen LogP contribution in [0.4, 0.5) is 4.79 Å². The molecular weight excluding hydrogens is 246 g/mol. The third-order valence-corrected chi connectivity index (χ3v) is 3.78. The Balaban J connectivity index is 2.11. The van der Waals surface area contributed by atoms with Crippen LogP contribution in [0.1, 0.15) is 40.0 Å². The molecule has 0 saturated carbocycles. The number of carbonyl (C=O) groups is 1. The first kappa shape index (κ1) is 14.6. The van der Waals surface area contributed by atoms with Crippen LogP contribution in [0.25, 0.3) is 0 Å². The van der Waals surface area contributed by atoms with Crippen molar-refractivity contribution in [3.05, 3.63) is 0 Å². The second-order valence-corrected chi connectivity index (χ2v) is 6.59. The molecule has 3 unspecified atom stereocenters. The molecule has 0 spiro atoms. The number of carbonyl (C=O) groups excluding carboxylic acids is 1. The van der Waals surface area contributed by atoms with Gasteiger partial charge in [-0.1, -0.05) is 0 Å². The van der Waals surface area contributed by atoms with E-state index < -0.39 is 5.60 Å². The van der Waals surface area contributed by atoms with E-state index in [-0.39, 0.29) is 30.7 Å². The number of hydrogen-bond donors (Lipinski definition) is 1. The van der Waals surface area contributed by atoms with Gasteiger partial charge in [-0.25, -0.2) is 4.79 Å². The quantitative estimate of drug-likeness (QED) is 0.790. The number of nitrogens with zero attached hydrogens (tertiary/aromatic N) is 1. The molecule has 5 heteroatoms. The number of ether oxygens (including phenoxy) is 2. The predicted octanol–water partition coefficient (Wildman–Crippen LogP) is 1.78. The number of rotatable bonds is 1. The molecule has 2 fully saturated rings. The van der Waals surface area contributed by atoms with E-state index >= 15 is 0 Å². The number of aliphatic hydroxyl groups is 1.